The van der Waals surface area contributed by atoms with E-state index in [-0.39, 0.29) is 24.1 Å². The fraction of sp³-hybridized carbons (Fsp3) is 0.400. The lowest BCUT2D eigenvalue weighted by molar-refractivity contribution is 0.343. The van der Waals surface area contributed by atoms with Crippen LogP contribution in [-0.2, 0) is 21.8 Å². The molecule has 1 saturated carbocycles. The second-order valence-corrected chi connectivity index (χ2v) is 12.1. The molecular weight excluding hydrogens is 478 g/mol. The largest absolute Gasteiger partial charge is 0.463 e. The number of pyridine rings is 2. The second-order valence-electron chi connectivity index (χ2n) is 9.69. The van der Waals surface area contributed by atoms with Gasteiger partial charge in [0.05, 0.1) is 34.9 Å². The molecule has 0 amide bonds. The Hall–Kier alpha value is -3.78. The SMILES string of the molecule is CC#CCOc1cnc2c(Nc3cnc4c(c3)[C@]3(C4)CS(=O)(=O)[C@@](C)(C4CC4)C(=N)N3)nccc2n1. The van der Waals surface area contributed by atoms with E-state index in [1.165, 1.54) is 6.20 Å². The summed E-state index contributed by atoms with van der Waals surface area (Å²) < 4.78 is 31.1. The third-order valence-corrected chi connectivity index (χ3v) is 10.1. The molecule has 3 aromatic heterocycles. The first-order valence-corrected chi connectivity index (χ1v) is 13.4. The Labute approximate surface area is 208 Å². The molecule has 1 spiro atoms. The zero-order valence-corrected chi connectivity index (χ0v) is 20.7. The van der Waals surface area contributed by atoms with Crippen molar-refractivity contribution in [2.24, 2.45) is 5.92 Å². The number of nitrogens with zero attached hydrogens (tertiary/aromatic N) is 4. The lowest BCUT2D eigenvalue weighted by atomic mass is 9.74. The van der Waals surface area contributed by atoms with E-state index in [2.05, 4.69) is 42.4 Å². The summed E-state index contributed by atoms with van der Waals surface area (Å²) in [6.07, 6.45) is 7.00. The Morgan fingerprint density at radius 3 is 2.86 bits per heavy atom. The summed E-state index contributed by atoms with van der Waals surface area (Å²) in [5.41, 5.74) is 2.60. The average Bonchev–Trinajstić information content (AvgIpc) is 3.69. The molecule has 2 atom stereocenters. The fourth-order valence-electron chi connectivity index (χ4n) is 5.16. The summed E-state index contributed by atoms with van der Waals surface area (Å²) in [6.45, 7) is 3.67. The fourth-order valence-corrected chi connectivity index (χ4v) is 7.55. The van der Waals surface area contributed by atoms with E-state index in [1.807, 2.05) is 6.07 Å². The molecule has 1 saturated heterocycles. The molecular formula is C25H25N7O3S. The molecule has 11 heteroatoms. The number of rotatable bonds is 5. The van der Waals surface area contributed by atoms with Gasteiger partial charge in [0.25, 0.3) is 0 Å². The topological polar surface area (TPSA) is 143 Å². The second kappa shape index (κ2) is 7.86. The number of sulfone groups is 1. The first-order chi connectivity index (χ1) is 17.3. The highest BCUT2D eigenvalue weighted by molar-refractivity contribution is 7.93. The minimum absolute atomic E-state index is 0.0227. The van der Waals surface area contributed by atoms with Crippen molar-refractivity contribution in [2.45, 2.75) is 43.4 Å². The molecule has 184 valence electrons. The molecule has 0 unspecified atom stereocenters. The van der Waals surface area contributed by atoms with E-state index >= 15 is 0 Å². The molecule has 1 aliphatic heterocycles. The van der Waals surface area contributed by atoms with Gasteiger partial charge in [-0.15, -0.1) is 5.92 Å². The Balaban J connectivity index is 1.28. The van der Waals surface area contributed by atoms with Crippen molar-refractivity contribution in [1.29, 1.82) is 5.41 Å². The highest BCUT2D eigenvalue weighted by Gasteiger charge is 2.63. The van der Waals surface area contributed by atoms with Gasteiger partial charge in [0.15, 0.2) is 22.3 Å². The van der Waals surface area contributed by atoms with Crippen LogP contribution in [0.2, 0.25) is 0 Å². The van der Waals surface area contributed by atoms with Crippen molar-refractivity contribution in [2.75, 3.05) is 17.7 Å². The van der Waals surface area contributed by atoms with Crippen LogP contribution in [0.4, 0.5) is 11.5 Å². The van der Waals surface area contributed by atoms with Gasteiger partial charge in [0.2, 0.25) is 5.88 Å². The van der Waals surface area contributed by atoms with Crippen LogP contribution in [-0.4, -0.2) is 51.3 Å². The number of amidine groups is 1. The third-order valence-electron chi connectivity index (χ3n) is 7.42. The van der Waals surface area contributed by atoms with Gasteiger partial charge in [0, 0.05) is 23.9 Å². The summed E-state index contributed by atoms with van der Waals surface area (Å²) >= 11 is 0. The van der Waals surface area contributed by atoms with Gasteiger partial charge in [-0.3, -0.25) is 10.4 Å². The predicted molar refractivity (Wildman–Crippen MR) is 135 cm³/mol. The van der Waals surface area contributed by atoms with Crippen LogP contribution in [0.3, 0.4) is 0 Å². The number of hydrogen-bond donors (Lipinski definition) is 3. The molecule has 6 rings (SSSR count). The summed E-state index contributed by atoms with van der Waals surface area (Å²) in [4.78, 5) is 17.9. The molecule has 2 fully saturated rings. The Morgan fingerprint density at radius 1 is 1.28 bits per heavy atom. The highest BCUT2D eigenvalue weighted by Crippen LogP contribution is 2.51. The Kier molecular flexibility index (Phi) is 4.95. The minimum atomic E-state index is -3.52. The minimum Gasteiger partial charge on any atom is -0.463 e. The number of hydrogen-bond acceptors (Lipinski definition) is 9. The van der Waals surface area contributed by atoms with E-state index < -0.39 is 20.1 Å². The molecule has 0 bridgehead atoms. The lowest BCUT2D eigenvalue weighted by Crippen LogP contribution is -2.70. The number of ether oxygens (including phenoxy) is 1. The molecule has 3 aliphatic rings. The zero-order valence-electron chi connectivity index (χ0n) is 19.9. The van der Waals surface area contributed by atoms with Crippen molar-refractivity contribution in [3.8, 4) is 17.7 Å². The zero-order chi connectivity index (χ0) is 25.1. The van der Waals surface area contributed by atoms with Crippen LogP contribution in [0.15, 0.2) is 30.7 Å². The number of nitrogens with one attached hydrogen (secondary N) is 3. The summed E-state index contributed by atoms with van der Waals surface area (Å²) in [5, 5.41) is 15.2. The Bertz CT molecular complexity index is 1590. The standard InChI is InChI=1S/C25H25N7O3S/c1-3-4-9-35-20-13-29-21-18(31-20)7-8-27-22(21)30-16-10-17-19(28-12-16)11-25(17)14-36(33,34)24(2,15-5-6-15)23(26)32-25/h7-8,10,12-13,15H,5-6,9,11,14H2,1-2H3,(H2,26,32)(H,27,30)/t24-,25-/m0/s1. The molecule has 0 radical (unpaired) electrons. The summed E-state index contributed by atoms with van der Waals surface area (Å²) in [6, 6.07) is 3.63. The van der Waals surface area contributed by atoms with E-state index in [4.69, 9.17) is 10.1 Å². The van der Waals surface area contributed by atoms with Crippen molar-refractivity contribution in [3.63, 3.8) is 0 Å². The number of fused-ring (bicyclic) bond motifs is 3. The van der Waals surface area contributed by atoms with E-state index in [0.717, 1.165) is 24.1 Å². The Morgan fingerprint density at radius 2 is 2.11 bits per heavy atom. The smallest absolute Gasteiger partial charge is 0.233 e. The van der Waals surface area contributed by atoms with Crippen molar-refractivity contribution >= 4 is 38.2 Å². The molecule has 36 heavy (non-hydrogen) atoms. The molecule has 10 nitrogen and oxygen atoms in total. The average molecular weight is 504 g/mol. The van der Waals surface area contributed by atoms with Crippen LogP contribution >= 0.6 is 0 Å². The first kappa shape index (κ1) is 22.7. The van der Waals surface area contributed by atoms with Crippen LogP contribution in [0.25, 0.3) is 11.0 Å². The lowest BCUT2D eigenvalue weighted by Gasteiger charge is -2.51. The molecule has 2 aliphatic carbocycles. The first-order valence-electron chi connectivity index (χ1n) is 11.8. The van der Waals surface area contributed by atoms with Crippen LogP contribution in [0.5, 0.6) is 5.88 Å². The van der Waals surface area contributed by atoms with Gasteiger partial charge >= 0.3 is 0 Å². The summed E-state index contributed by atoms with van der Waals surface area (Å²) in [7, 11) is -3.52. The monoisotopic (exact) mass is 503 g/mol. The van der Waals surface area contributed by atoms with Gasteiger partial charge in [-0.1, -0.05) is 5.92 Å². The molecule has 0 aromatic carbocycles. The maximum Gasteiger partial charge on any atom is 0.233 e. The van der Waals surface area contributed by atoms with E-state index in [9.17, 15) is 8.42 Å². The van der Waals surface area contributed by atoms with Crippen LogP contribution < -0.4 is 15.4 Å². The van der Waals surface area contributed by atoms with Gasteiger partial charge < -0.3 is 15.4 Å². The molecule has 3 aromatic rings. The normalized spacial score (nSPS) is 25.8. The van der Waals surface area contributed by atoms with Gasteiger partial charge in [-0.25, -0.2) is 23.4 Å². The highest BCUT2D eigenvalue weighted by atomic mass is 32.2. The van der Waals surface area contributed by atoms with Gasteiger partial charge in [-0.05, 0) is 44.7 Å². The summed E-state index contributed by atoms with van der Waals surface area (Å²) in [5.74, 6) is 6.52. The number of anilines is 2. The van der Waals surface area contributed by atoms with Crippen molar-refractivity contribution in [3.05, 3.63) is 42.0 Å². The van der Waals surface area contributed by atoms with Gasteiger partial charge in [0.1, 0.15) is 16.1 Å². The molecule has 3 N–H and O–H groups in total. The quantitative estimate of drug-likeness (QED) is 0.447. The predicted octanol–water partition coefficient (Wildman–Crippen LogP) is 2.48. The van der Waals surface area contributed by atoms with Crippen LogP contribution in [0, 0.1) is 23.2 Å². The van der Waals surface area contributed by atoms with Crippen LogP contribution in [0.1, 0.15) is 37.9 Å². The van der Waals surface area contributed by atoms with E-state index in [1.54, 1.807) is 32.3 Å². The number of aromatic nitrogens is 4. The maximum atomic E-state index is 13.4. The van der Waals surface area contributed by atoms with Gasteiger partial charge in [-0.2, -0.15) is 0 Å². The van der Waals surface area contributed by atoms with Crippen molar-refractivity contribution < 1.29 is 13.2 Å². The maximum absolute atomic E-state index is 13.4. The van der Waals surface area contributed by atoms with E-state index in [0.29, 0.717) is 34.8 Å². The van der Waals surface area contributed by atoms with Crippen molar-refractivity contribution in [1.82, 2.24) is 25.3 Å². The molecule has 4 heterocycles. The third kappa shape index (κ3) is 3.39.